The molecule has 3 N–H and O–H groups in total. The van der Waals surface area contributed by atoms with E-state index in [1.54, 1.807) is 24.3 Å². The molecule has 5 nitrogen and oxygen atoms in total. The highest BCUT2D eigenvalue weighted by Crippen LogP contribution is 2.36. The molecule has 0 atom stereocenters. The van der Waals surface area contributed by atoms with Crippen LogP contribution in [0.2, 0.25) is 0 Å². The van der Waals surface area contributed by atoms with Crippen LogP contribution in [0, 0.1) is 6.92 Å². The Kier molecular flexibility index (Phi) is 6.94. The molecule has 0 aliphatic carbocycles. The quantitative estimate of drug-likeness (QED) is 0.180. The van der Waals surface area contributed by atoms with Gasteiger partial charge in [0.1, 0.15) is 11.5 Å². The second kappa shape index (κ2) is 9.77. The number of phenols is 2. The molecule has 4 rings (SSSR count). The largest absolute Gasteiger partial charge is 0.508 e. The van der Waals surface area contributed by atoms with Crippen molar-refractivity contribution in [2.45, 2.75) is 39.8 Å². The molecule has 35 heavy (non-hydrogen) atoms. The number of halogens is 1. The number of aromatic nitrogens is 1. The molecule has 3 aromatic carbocycles. The van der Waals surface area contributed by atoms with Gasteiger partial charge < -0.3 is 20.1 Å². The van der Waals surface area contributed by atoms with Crippen LogP contribution >= 0.6 is 22.6 Å². The van der Waals surface area contributed by atoms with Crippen LogP contribution in [-0.2, 0) is 11.3 Å². The lowest BCUT2D eigenvalue weighted by Crippen LogP contribution is -2.40. The van der Waals surface area contributed by atoms with E-state index in [0.717, 1.165) is 38.9 Å². The molecule has 0 aliphatic heterocycles. The zero-order valence-corrected chi connectivity index (χ0v) is 22.4. The van der Waals surface area contributed by atoms with Crippen LogP contribution < -0.4 is 5.32 Å². The van der Waals surface area contributed by atoms with Gasteiger partial charge >= 0.3 is 0 Å². The van der Waals surface area contributed by atoms with Gasteiger partial charge in [0, 0.05) is 23.0 Å². The van der Waals surface area contributed by atoms with Crippen molar-refractivity contribution in [1.29, 1.82) is 0 Å². The van der Waals surface area contributed by atoms with Gasteiger partial charge in [-0.3, -0.25) is 4.79 Å². The first-order chi connectivity index (χ1) is 16.5. The van der Waals surface area contributed by atoms with Crippen LogP contribution in [0.15, 0.2) is 70.3 Å². The van der Waals surface area contributed by atoms with Gasteiger partial charge in [-0.05, 0) is 121 Å². The van der Waals surface area contributed by atoms with E-state index >= 15 is 0 Å². The zero-order valence-electron chi connectivity index (χ0n) is 20.3. The summed E-state index contributed by atoms with van der Waals surface area (Å²) < 4.78 is 2.87. The van der Waals surface area contributed by atoms with Crippen LogP contribution in [0.25, 0.3) is 28.2 Å². The minimum absolute atomic E-state index is 0.0849. The Labute approximate surface area is 219 Å². The summed E-state index contributed by atoms with van der Waals surface area (Å²) in [6.07, 6.45) is 1.88. The van der Waals surface area contributed by atoms with E-state index in [1.165, 1.54) is 0 Å². The van der Waals surface area contributed by atoms with Crippen molar-refractivity contribution in [3.63, 3.8) is 0 Å². The summed E-state index contributed by atoms with van der Waals surface area (Å²) in [7, 11) is 0. The Morgan fingerprint density at radius 1 is 0.971 bits per heavy atom. The van der Waals surface area contributed by atoms with Gasteiger partial charge in [-0.15, -0.1) is 0 Å². The van der Waals surface area contributed by atoms with Gasteiger partial charge in [0.15, 0.2) is 0 Å². The summed E-state index contributed by atoms with van der Waals surface area (Å²) >= 11 is 2.07. The van der Waals surface area contributed by atoms with E-state index in [-0.39, 0.29) is 22.9 Å². The van der Waals surface area contributed by atoms with Crippen molar-refractivity contribution in [3.05, 3.63) is 87.0 Å². The first kappa shape index (κ1) is 24.9. The number of amides is 1. The SMILES string of the molecule is Cc1c(-c2ccc(O)cc2)n(Cc2ccc(C=C(I)C(=O)NC(C)(C)C)cc2)c2ccc(O)cc12. The van der Waals surface area contributed by atoms with Gasteiger partial charge in [-0.2, -0.15) is 0 Å². The molecule has 0 spiro atoms. The van der Waals surface area contributed by atoms with Gasteiger partial charge in [0.25, 0.3) is 5.91 Å². The number of carbonyl (C=O) groups excluding carboxylic acids is 1. The highest BCUT2D eigenvalue weighted by Gasteiger charge is 2.18. The number of phenolic OH excluding ortho intramolecular Hbond substituents is 2. The highest BCUT2D eigenvalue weighted by molar-refractivity contribution is 14.1. The number of hydrogen-bond acceptors (Lipinski definition) is 3. The van der Waals surface area contributed by atoms with Gasteiger partial charge in [0.2, 0.25) is 0 Å². The molecular weight excluding hydrogens is 551 g/mol. The molecule has 0 radical (unpaired) electrons. The molecule has 6 heteroatoms. The fraction of sp³-hybridized carbons (Fsp3) is 0.207. The number of rotatable bonds is 5. The van der Waals surface area contributed by atoms with Crippen LogP contribution in [0.3, 0.4) is 0 Å². The van der Waals surface area contributed by atoms with Crippen molar-refractivity contribution in [2.75, 3.05) is 0 Å². The van der Waals surface area contributed by atoms with E-state index in [1.807, 2.05) is 57.2 Å². The van der Waals surface area contributed by atoms with Gasteiger partial charge in [0.05, 0.1) is 9.27 Å². The molecule has 0 bridgehead atoms. The molecule has 0 fully saturated rings. The molecule has 0 unspecified atom stereocenters. The molecular formula is C29H29IN2O3. The van der Waals surface area contributed by atoms with Crippen LogP contribution in [0.4, 0.5) is 0 Å². The van der Waals surface area contributed by atoms with Crippen molar-refractivity contribution >= 4 is 45.5 Å². The predicted octanol–water partition coefficient (Wildman–Crippen LogP) is 6.77. The number of nitrogens with zero attached hydrogens (tertiary/aromatic N) is 1. The number of aromatic hydroxyl groups is 2. The third kappa shape index (κ3) is 5.70. The Morgan fingerprint density at radius 3 is 2.23 bits per heavy atom. The van der Waals surface area contributed by atoms with E-state index in [2.05, 4.69) is 51.5 Å². The van der Waals surface area contributed by atoms with E-state index in [9.17, 15) is 15.0 Å². The third-order valence-corrected chi connectivity index (χ3v) is 6.56. The third-order valence-electron chi connectivity index (χ3n) is 5.76. The fourth-order valence-corrected chi connectivity index (χ4v) is 4.67. The number of nitrogens with one attached hydrogen (secondary N) is 1. The van der Waals surface area contributed by atoms with E-state index < -0.39 is 0 Å². The minimum Gasteiger partial charge on any atom is -0.508 e. The molecule has 180 valence electrons. The maximum atomic E-state index is 12.4. The summed E-state index contributed by atoms with van der Waals surface area (Å²) in [6, 6.07) is 20.8. The molecule has 1 heterocycles. The molecule has 0 saturated heterocycles. The molecule has 1 aromatic heterocycles. The average molecular weight is 580 g/mol. The highest BCUT2D eigenvalue weighted by atomic mass is 127. The Bertz CT molecular complexity index is 1410. The molecule has 0 saturated carbocycles. The number of fused-ring (bicyclic) bond motifs is 1. The predicted molar refractivity (Wildman–Crippen MR) is 151 cm³/mol. The number of benzene rings is 3. The summed E-state index contributed by atoms with van der Waals surface area (Å²) in [5.41, 5.74) is 5.93. The Hall–Kier alpha value is -3.26. The van der Waals surface area contributed by atoms with Crippen molar-refractivity contribution in [2.24, 2.45) is 0 Å². The second-order valence-corrected chi connectivity index (χ2v) is 10.9. The monoisotopic (exact) mass is 580 g/mol. The first-order valence-electron chi connectivity index (χ1n) is 11.4. The summed E-state index contributed by atoms with van der Waals surface area (Å²) in [5.74, 6) is 0.371. The lowest BCUT2D eigenvalue weighted by Gasteiger charge is -2.20. The van der Waals surface area contributed by atoms with E-state index in [4.69, 9.17) is 0 Å². The first-order valence-corrected chi connectivity index (χ1v) is 12.5. The zero-order chi connectivity index (χ0) is 25.3. The molecule has 4 aromatic rings. The van der Waals surface area contributed by atoms with Crippen LogP contribution in [-0.4, -0.2) is 26.2 Å². The maximum Gasteiger partial charge on any atom is 0.257 e. The maximum absolute atomic E-state index is 12.4. The van der Waals surface area contributed by atoms with Gasteiger partial charge in [-0.1, -0.05) is 24.3 Å². The second-order valence-electron chi connectivity index (χ2n) is 9.75. The average Bonchev–Trinajstić information content (AvgIpc) is 3.05. The molecule has 0 aliphatic rings. The van der Waals surface area contributed by atoms with E-state index in [0.29, 0.717) is 10.1 Å². The standard InChI is InChI=1S/C29H29IN2O3/c1-18-24-16-23(34)13-14-26(24)32(27(18)21-9-11-22(33)12-10-21)17-20-7-5-19(6-8-20)15-25(30)28(35)31-29(2,3)4/h5-16,33-34H,17H2,1-4H3,(H,31,35). The fourth-order valence-electron chi connectivity index (χ4n) is 4.18. The topological polar surface area (TPSA) is 74.5 Å². The smallest absolute Gasteiger partial charge is 0.257 e. The molecule has 1 amide bonds. The number of aryl methyl sites for hydroxylation is 1. The summed E-state index contributed by atoms with van der Waals surface area (Å²) in [5, 5.41) is 23.8. The minimum atomic E-state index is -0.283. The number of carbonyl (C=O) groups is 1. The lowest BCUT2D eigenvalue weighted by molar-refractivity contribution is -0.117. The van der Waals surface area contributed by atoms with Crippen LogP contribution in [0.1, 0.15) is 37.5 Å². The summed E-state index contributed by atoms with van der Waals surface area (Å²) in [6.45, 7) is 8.58. The van der Waals surface area contributed by atoms with Crippen molar-refractivity contribution < 1.29 is 15.0 Å². The normalized spacial score (nSPS) is 12.2. The Morgan fingerprint density at radius 2 is 1.60 bits per heavy atom. The lowest BCUT2D eigenvalue weighted by atomic mass is 10.1. The van der Waals surface area contributed by atoms with Crippen LogP contribution in [0.5, 0.6) is 11.5 Å². The Balaban J connectivity index is 1.68. The van der Waals surface area contributed by atoms with Gasteiger partial charge in [-0.25, -0.2) is 0 Å². The summed E-state index contributed by atoms with van der Waals surface area (Å²) in [4.78, 5) is 12.4. The van der Waals surface area contributed by atoms with Crippen molar-refractivity contribution in [3.8, 4) is 22.8 Å². The van der Waals surface area contributed by atoms with Crippen molar-refractivity contribution in [1.82, 2.24) is 9.88 Å². The number of hydrogen-bond donors (Lipinski definition) is 3.